The molecule has 1 fully saturated rings. The van der Waals surface area contributed by atoms with Crippen molar-refractivity contribution >= 4 is 58.0 Å². The molecule has 326 valence electrons. The summed E-state index contributed by atoms with van der Waals surface area (Å²) in [7, 11) is 1.51. The Morgan fingerprint density at radius 2 is 1.59 bits per heavy atom. The molecule has 6 rings (SSSR count). The van der Waals surface area contributed by atoms with Gasteiger partial charge in [0.25, 0.3) is 17.7 Å². The van der Waals surface area contributed by atoms with Crippen molar-refractivity contribution in [1.82, 2.24) is 15.1 Å². The molecular formula is C43H51N5O12S. The quantitative estimate of drug-likeness (QED) is 0.0709. The first-order valence-electron chi connectivity index (χ1n) is 20.2. The molecule has 3 heterocycles. The Morgan fingerprint density at radius 3 is 2.30 bits per heavy atom. The van der Waals surface area contributed by atoms with E-state index in [9.17, 15) is 33.3 Å². The van der Waals surface area contributed by atoms with Gasteiger partial charge in [-0.1, -0.05) is 29.4 Å². The minimum Gasteiger partial charge on any atom is -0.616 e. The Hall–Kier alpha value is -5.53. The van der Waals surface area contributed by atoms with E-state index in [1.54, 1.807) is 42.5 Å². The average Bonchev–Trinajstić information content (AvgIpc) is 3.71. The van der Waals surface area contributed by atoms with Crippen LogP contribution in [0, 0.1) is 0 Å². The maximum absolute atomic E-state index is 13.9. The number of fused-ring (bicyclic) bond motifs is 2. The molecule has 3 aromatic rings. The lowest BCUT2D eigenvalue weighted by atomic mass is 10.0. The van der Waals surface area contributed by atoms with Crippen LogP contribution >= 0.6 is 0 Å². The molecule has 0 spiro atoms. The molecule has 61 heavy (non-hydrogen) atoms. The molecule has 6 amide bonds. The van der Waals surface area contributed by atoms with Crippen LogP contribution in [0.15, 0.2) is 54.6 Å². The van der Waals surface area contributed by atoms with Gasteiger partial charge >= 0.3 is 0 Å². The van der Waals surface area contributed by atoms with E-state index in [2.05, 4.69) is 16.0 Å². The van der Waals surface area contributed by atoms with E-state index in [-0.39, 0.29) is 60.4 Å². The predicted octanol–water partition coefficient (Wildman–Crippen LogP) is 3.45. The topological polar surface area (TPSA) is 214 Å². The number of anilines is 2. The molecule has 3 N–H and O–H groups in total. The fraction of sp³-hybridized carbons (Fsp3) is 0.442. The van der Waals surface area contributed by atoms with Crippen LogP contribution in [0.25, 0.3) is 0 Å². The lowest BCUT2D eigenvalue weighted by Gasteiger charge is -2.29. The zero-order chi connectivity index (χ0) is 43.5. The molecule has 3 aromatic carbocycles. The normalized spacial score (nSPS) is 16.9. The number of hydrogen-bond acceptors (Lipinski definition) is 13. The summed E-state index contributed by atoms with van der Waals surface area (Å²) in [5.74, 6) is -1.64. The molecule has 2 unspecified atom stereocenters. The molecule has 3 atom stereocenters. The molecule has 18 heteroatoms. The van der Waals surface area contributed by atoms with Gasteiger partial charge in [0.05, 0.1) is 76.2 Å². The SMILES string of the molecule is CCOc1cc([C@@H](C[S+](C)[O-])N2C(=O)c3cccc(NC(=O)CCOCCOCCOCCCNc4cccc5c4CN(C4CCC(=O)NC4=O)C5=O)c3C2=O)ccc1OC. The number of nitrogens with one attached hydrogen (secondary N) is 3. The van der Waals surface area contributed by atoms with Gasteiger partial charge in [-0.3, -0.25) is 39.0 Å². The van der Waals surface area contributed by atoms with Crippen molar-refractivity contribution in [2.75, 3.05) is 82.5 Å². The Balaban J connectivity index is 0.866. The van der Waals surface area contributed by atoms with Crippen molar-refractivity contribution in [3.63, 3.8) is 0 Å². The molecule has 0 aromatic heterocycles. The molecule has 17 nitrogen and oxygen atoms in total. The van der Waals surface area contributed by atoms with Crippen molar-refractivity contribution in [1.29, 1.82) is 0 Å². The summed E-state index contributed by atoms with van der Waals surface area (Å²) in [5.41, 5.74) is 3.15. The van der Waals surface area contributed by atoms with Crippen LogP contribution in [0.5, 0.6) is 11.5 Å². The minimum absolute atomic E-state index is 0.00270. The zero-order valence-corrected chi connectivity index (χ0v) is 35.3. The Labute approximate surface area is 356 Å². The zero-order valence-electron chi connectivity index (χ0n) is 34.5. The van der Waals surface area contributed by atoms with E-state index in [0.717, 1.165) is 16.2 Å². The maximum atomic E-state index is 13.9. The second kappa shape index (κ2) is 21.3. The van der Waals surface area contributed by atoms with Gasteiger partial charge in [-0.2, -0.15) is 0 Å². The summed E-state index contributed by atoms with van der Waals surface area (Å²) < 4.78 is 40.4. The van der Waals surface area contributed by atoms with Crippen molar-refractivity contribution < 1.29 is 57.0 Å². The van der Waals surface area contributed by atoms with Crippen molar-refractivity contribution in [3.8, 4) is 11.5 Å². The van der Waals surface area contributed by atoms with Gasteiger partial charge in [-0.25, -0.2) is 0 Å². The predicted molar refractivity (Wildman–Crippen MR) is 224 cm³/mol. The third kappa shape index (κ3) is 10.9. The van der Waals surface area contributed by atoms with Gasteiger partial charge in [0.2, 0.25) is 17.7 Å². The van der Waals surface area contributed by atoms with Crippen molar-refractivity contribution in [2.45, 2.75) is 51.2 Å². The van der Waals surface area contributed by atoms with Crippen LogP contribution in [0.4, 0.5) is 11.4 Å². The second-order valence-electron chi connectivity index (χ2n) is 14.5. The largest absolute Gasteiger partial charge is 0.616 e. The number of piperidine rings is 1. The number of carbonyl (C=O) groups excluding carboxylic acids is 6. The number of nitrogens with zero attached hydrogens (tertiary/aromatic N) is 2. The average molecular weight is 862 g/mol. The fourth-order valence-electron chi connectivity index (χ4n) is 7.47. The standard InChI is InChI=1S/C43H51N5O12S/c1-4-60-36-24-27(12-14-35(36)56-2)34(26-61(3)55)48-42(53)29-9-6-11-32(39(29)43(48)54)45-38(50)16-19-58-21-23-59-22-20-57-18-7-17-44-31-10-5-8-28-30(31)25-47(41(28)52)33-13-15-37(49)46-40(33)51/h5-6,8-12,14,24,33-34,44H,4,7,13,15-23,25-26H2,1-3H3,(H,45,50)(H,46,49,51)/t33?,34-,61?/m1/s1. The van der Waals surface area contributed by atoms with E-state index in [1.165, 1.54) is 24.3 Å². The number of amides is 6. The number of rotatable bonds is 23. The Bertz CT molecular complexity index is 2120. The molecule has 0 radical (unpaired) electrons. The highest BCUT2D eigenvalue weighted by Crippen LogP contribution is 2.39. The van der Waals surface area contributed by atoms with E-state index in [4.69, 9.17) is 23.7 Å². The van der Waals surface area contributed by atoms with Gasteiger partial charge in [-0.05, 0) is 61.7 Å². The summed E-state index contributed by atoms with van der Waals surface area (Å²) in [5, 5.41) is 8.43. The molecule has 0 bridgehead atoms. The van der Waals surface area contributed by atoms with Crippen molar-refractivity contribution in [2.24, 2.45) is 0 Å². The Kier molecular flexibility index (Phi) is 15.7. The highest BCUT2D eigenvalue weighted by Gasteiger charge is 2.44. The van der Waals surface area contributed by atoms with Crippen LogP contribution < -0.4 is 25.4 Å². The van der Waals surface area contributed by atoms with Crippen LogP contribution in [0.3, 0.4) is 0 Å². The summed E-state index contributed by atoms with van der Waals surface area (Å²) in [4.78, 5) is 80.1. The first kappa shape index (κ1) is 45.0. The summed E-state index contributed by atoms with van der Waals surface area (Å²) in [6.07, 6.45) is 2.72. The van der Waals surface area contributed by atoms with Gasteiger partial charge < -0.3 is 43.8 Å². The summed E-state index contributed by atoms with van der Waals surface area (Å²) in [6, 6.07) is 13.7. The number of hydrogen-bond donors (Lipinski definition) is 3. The van der Waals surface area contributed by atoms with Crippen LogP contribution in [-0.2, 0) is 46.3 Å². The number of methoxy groups -OCH3 is 1. The minimum atomic E-state index is -1.38. The lowest BCUT2D eigenvalue weighted by Crippen LogP contribution is -2.52. The van der Waals surface area contributed by atoms with Crippen LogP contribution in [-0.4, -0.2) is 128 Å². The van der Waals surface area contributed by atoms with E-state index < -0.39 is 46.9 Å². The maximum Gasteiger partial charge on any atom is 0.264 e. The van der Waals surface area contributed by atoms with E-state index in [1.807, 2.05) is 13.0 Å². The third-order valence-corrected chi connectivity index (χ3v) is 11.2. The molecule has 1 saturated heterocycles. The monoisotopic (exact) mass is 861 g/mol. The lowest BCUT2D eigenvalue weighted by molar-refractivity contribution is -0.137. The molecular weight excluding hydrogens is 811 g/mol. The van der Waals surface area contributed by atoms with Gasteiger partial charge in [-0.15, -0.1) is 0 Å². The molecule has 3 aliphatic rings. The van der Waals surface area contributed by atoms with Gasteiger partial charge in [0, 0.05) is 42.9 Å². The fourth-order valence-corrected chi connectivity index (χ4v) is 8.26. The van der Waals surface area contributed by atoms with Crippen LogP contribution in [0.1, 0.15) is 80.8 Å². The van der Waals surface area contributed by atoms with Gasteiger partial charge in [0.15, 0.2) is 11.5 Å². The number of benzene rings is 3. The first-order valence-corrected chi connectivity index (χ1v) is 21.9. The molecule has 0 aliphatic carbocycles. The molecule has 0 saturated carbocycles. The van der Waals surface area contributed by atoms with Crippen molar-refractivity contribution in [3.05, 3.63) is 82.4 Å². The summed E-state index contributed by atoms with van der Waals surface area (Å²) in [6.45, 7) is 4.95. The third-order valence-electron chi connectivity index (χ3n) is 10.4. The molecule has 3 aliphatic heterocycles. The highest BCUT2D eigenvalue weighted by molar-refractivity contribution is 7.90. The van der Waals surface area contributed by atoms with Gasteiger partial charge in [0.1, 0.15) is 17.8 Å². The summed E-state index contributed by atoms with van der Waals surface area (Å²) >= 11 is -1.38. The van der Waals surface area contributed by atoms with E-state index >= 15 is 0 Å². The second-order valence-corrected chi connectivity index (χ2v) is 15.9. The van der Waals surface area contributed by atoms with Crippen LogP contribution in [0.2, 0.25) is 0 Å². The number of ether oxygens (including phenoxy) is 5. The Morgan fingerprint density at radius 1 is 0.885 bits per heavy atom. The smallest absolute Gasteiger partial charge is 0.264 e. The highest BCUT2D eigenvalue weighted by atomic mass is 32.2. The number of carbonyl (C=O) groups is 6. The number of imide groups is 2. The van der Waals surface area contributed by atoms with E-state index in [0.29, 0.717) is 81.6 Å². The first-order chi connectivity index (χ1) is 29.5.